The molecule has 8 heteroatoms. The van der Waals surface area contributed by atoms with Crippen molar-refractivity contribution in [1.29, 1.82) is 0 Å². The van der Waals surface area contributed by atoms with Crippen molar-refractivity contribution in [2.75, 3.05) is 0 Å². The normalized spacial score (nSPS) is 39.3. The molecule has 0 unspecified atom stereocenters. The van der Waals surface area contributed by atoms with E-state index in [9.17, 15) is 19.8 Å². The fourth-order valence-corrected chi connectivity index (χ4v) is 5.63. The molecule has 208 valence electrons. The third-order valence-corrected chi connectivity index (χ3v) is 7.42. The van der Waals surface area contributed by atoms with Gasteiger partial charge in [-0.05, 0) is 51.0 Å². The maximum absolute atomic E-state index is 12.7. The average molecular weight is 529 g/mol. The van der Waals surface area contributed by atoms with Gasteiger partial charge in [-0.2, -0.15) is 0 Å². The van der Waals surface area contributed by atoms with E-state index >= 15 is 0 Å². The molecule has 1 fully saturated rings. The van der Waals surface area contributed by atoms with Gasteiger partial charge in [0.2, 0.25) is 0 Å². The van der Waals surface area contributed by atoms with E-state index in [4.69, 9.17) is 18.9 Å². The zero-order valence-corrected chi connectivity index (χ0v) is 22.2. The van der Waals surface area contributed by atoms with Gasteiger partial charge < -0.3 is 29.2 Å². The minimum atomic E-state index is -1.18. The van der Waals surface area contributed by atoms with Gasteiger partial charge in [0, 0.05) is 25.0 Å². The van der Waals surface area contributed by atoms with Crippen molar-refractivity contribution in [2.24, 2.45) is 5.92 Å². The van der Waals surface area contributed by atoms with E-state index in [1.807, 2.05) is 13.0 Å². The summed E-state index contributed by atoms with van der Waals surface area (Å²) < 4.78 is 23.3. The van der Waals surface area contributed by atoms with Crippen LogP contribution >= 0.6 is 0 Å². The Morgan fingerprint density at radius 3 is 2.55 bits per heavy atom. The number of aliphatic hydroxyl groups excluding tert-OH is 2. The first kappa shape index (κ1) is 28.5. The molecule has 1 saturated heterocycles. The number of fused-ring (bicyclic) bond motifs is 4. The Kier molecular flexibility index (Phi) is 9.76. The van der Waals surface area contributed by atoms with E-state index in [2.05, 4.69) is 19.6 Å². The van der Waals surface area contributed by atoms with E-state index in [0.29, 0.717) is 18.8 Å². The van der Waals surface area contributed by atoms with Crippen LogP contribution in [0.4, 0.5) is 0 Å². The van der Waals surface area contributed by atoms with Crippen molar-refractivity contribution in [2.45, 2.75) is 108 Å². The van der Waals surface area contributed by atoms with Crippen LogP contribution in [0.2, 0.25) is 0 Å². The number of aliphatic hydroxyl groups is 2. The Labute approximate surface area is 224 Å². The first-order valence-electron chi connectivity index (χ1n) is 13.6. The summed E-state index contributed by atoms with van der Waals surface area (Å²) in [5.74, 6) is -0.612. The number of carbonyl (C=O) groups excluding carboxylic acids is 2. The lowest BCUT2D eigenvalue weighted by Gasteiger charge is -2.28. The fraction of sp³-hybridized carbons (Fsp3) is 0.600. The summed E-state index contributed by atoms with van der Waals surface area (Å²) in [5, 5.41) is 21.7. The van der Waals surface area contributed by atoms with Crippen molar-refractivity contribution in [1.82, 2.24) is 0 Å². The molecule has 4 bridgehead atoms. The highest BCUT2D eigenvalue weighted by molar-refractivity contribution is 5.84. The highest BCUT2D eigenvalue weighted by Gasteiger charge is 2.42. The van der Waals surface area contributed by atoms with Crippen LogP contribution in [0.3, 0.4) is 0 Å². The summed E-state index contributed by atoms with van der Waals surface area (Å²) >= 11 is 0. The Hall–Kier alpha value is -2.52. The molecule has 0 spiro atoms. The molecule has 0 amide bonds. The van der Waals surface area contributed by atoms with Gasteiger partial charge in [0.15, 0.2) is 0 Å². The highest BCUT2D eigenvalue weighted by Crippen LogP contribution is 2.31. The molecular weight excluding hydrogens is 488 g/mol. The molecule has 38 heavy (non-hydrogen) atoms. The van der Waals surface area contributed by atoms with Gasteiger partial charge in [-0.1, -0.05) is 49.0 Å². The summed E-state index contributed by atoms with van der Waals surface area (Å²) in [6.07, 6.45) is 11.4. The smallest absolute Gasteiger partial charge is 0.331 e. The SMILES string of the molecule is C=C1C[C@H](C)C[C@@H]2CC=C[C@@H](CC=CC(=O)O[C@H]3C[C@@H](O[C@H]3/C=C/[C@@H]3CC(C)=CC(=O)O3)[C@@H](O)[C@@H](O)C1)O2. The lowest BCUT2D eigenvalue weighted by Crippen LogP contribution is -2.37. The molecule has 0 saturated carbocycles. The van der Waals surface area contributed by atoms with Crippen molar-refractivity contribution < 1.29 is 38.7 Å². The van der Waals surface area contributed by atoms with E-state index in [-0.39, 0.29) is 25.0 Å². The van der Waals surface area contributed by atoms with Gasteiger partial charge in [-0.3, -0.25) is 0 Å². The largest absolute Gasteiger partial charge is 0.456 e. The first-order chi connectivity index (χ1) is 18.2. The highest BCUT2D eigenvalue weighted by atomic mass is 16.6. The van der Waals surface area contributed by atoms with Crippen molar-refractivity contribution in [3.63, 3.8) is 0 Å². The second-order valence-corrected chi connectivity index (χ2v) is 11.1. The van der Waals surface area contributed by atoms with Crippen LogP contribution in [-0.4, -0.2) is 71.0 Å². The lowest BCUT2D eigenvalue weighted by atomic mass is 9.90. The van der Waals surface area contributed by atoms with Gasteiger partial charge in [0.05, 0.1) is 24.4 Å². The van der Waals surface area contributed by atoms with Crippen LogP contribution in [0.15, 0.2) is 60.3 Å². The Balaban J connectivity index is 1.50. The van der Waals surface area contributed by atoms with Crippen molar-refractivity contribution in [3.05, 3.63) is 60.3 Å². The van der Waals surface area contributed by atoms with E-state index in [0.717, 1.165) is 30.4 Å². The lowest BCUT2D eigenvalue weighted by molar-refractivity contribution is -0.144. The second kappa shape index (κ2) is 13.0. The molecule has 0 aromatic rings. The van der Waals surface area contributed by atoms with E-state index in [1.54, 1.807) is 18.2 Å². The molecule has 4 aliphatic heterocycles. The van der Waals surface area contributed by atoms with Crippen LogP contribution in [0.5, 0.6) is 0 Å². The summed E-state index contributed by atoms with van der Waals surface area (Å²) in [4.78, 5) is 24.4. The summed E-state index contributed by atoms with van der Waals surface area (Å²) in [6.45, 7) is 8.14. The predicted molar refractivity (Wildman–Crippen MR) is 141 cm³/mol. The van der Waals surface area contributed by atoms with Crippen LogP contribution < -0.4 is 0 Å². The second-order valence-electron chi connectivity index (χ2n) is 11.1. The molecule has 9 atom stereocenters. The molecule has 0 aliphatic carbocycles. The van der Waals surface area contributed by atoms with Gasteiger partial charge in [0.25, 0.3) is 0 Å². The molecule has 0 aromatic carbocycles. The zero-order chi connectivity index (χ0) is 27.2. The van der Waals surface area contributed by atoms with E-state index < -0.39 is 48.6 Å². The molecule has 2 N–H and O–H groups in total. The monoisotopic (exact) mass is 528 g/mol. The molecule has 0 aromatic heterocycles. The number of hydrogen-bond acceptors (Lipinski definition) is 8. The molecule has 0 radical (unpaired) electrons. The molecule has 4 rings (SSSR count). The maximum Gasteiger partial charge on any atom is 0.331 e. The minimum absolute atomic E-state index is 0.0852. The van der Waals surface area contributed by atoms with Crippen LogP contribution in [0, 0.1) is 5.92 Å². The minimum Gasteiger partial charge on any atom is -0.456 e. The number of rotatable bonds is 2. The molecular formula is C30H40O8. The van der Waals surface area contributed by atoms with Gasteiger partial charge >= 0.3 is 11.9 Å². The standard InChI is InChI=1S/C30H40O8/c1-18-12-19(2)15-24(31)30(34)27-17-26(25(37-27)11-10-23-14-20(3)16-29(33)36-23)38-28(32)9-5-7-21-6-4-8-22(13-18)35-21/h4-6,9-11,16,18,21-27,30-31,34H,2,7-8,12-15,17H2,1,3H3/b9-5?,11-10+/t18-,21-,22-,23+,24-,25-,26-,27+,30-/m0/s1. The third-order valence-electron chi connectivity index (χ3n) is 7.42. The molecule has 4 heterocycles. The quantitative estimate of drug-likeness (QED) is 0.413. The number of hydrogen-bond donors (Lipinski definition) is 2. The van der Waals surface area contributed by atoms with E-state index in [1.165, 1.54) is 12.2 Å². The Bertz CT molecular complexity index is 994. The van der Waals surface area contributed by atoms with Gasteiger partial charge in [-0.25, -0.2) is 9.59 Å². The predicted octanol–water partition coefficient (Wildman–Crippen LogP) is 3.63. The van der Waals surface area contributed by atoms with Crippen molar-refractivity contribution in [3.8, 4) is 0 Å². The Morgan fingerprint density at radius 1 is 0.947 bits per heavy atom. The van der Waals surface area contributed by atoms with Crippen LogP contribution in [-0.2, 0) is 28.5 Å². The number of cyclic esters (lactones) is 1. The number of ether oxygens (including phenoxy) is 4. The van der Waals surface area contributed by atoms with Crippen molar-refractivity contribution >= 4 is 11.9 Å². The Morgan fingerprint density at radius 2 is 1.76 bits per heavy atom. The number of esters is 2. The van der Waals surface area contributed by atoms with Gasteiger partial charge in [-0.15, -0.1) is 0 Å². The maximum atomic E-state index is 12.7. The van der Waals surface area contributed by atoms with Gasteiger partial charge in [0.1, 0.15) is 24.4 Å². The van der Waals surface area contributed by atoms with Crippen LogP contribution in [0.1, 0.15) is 58.8 Å². The van der Waals surface area contributed by atoms with Crippen LogP contribution in [0.25, 0.3) is 0 Å². The summed E-state index contributed by atoms with van der Waals surface area (Å²) in [5.41, 5.74) is 1.77. The number of carbonyl (C=O) groups is 2. The first-order valence-corrected chi connectivity index (χ1v) is 13.6. The summed E-state index contributed by atoms with van der Waals surface area (Å²) in [6, 6.07) is 0. The summed E-state index contributed by atoms with van der Waals surface area (Å²) in [7, 11) is 0. The average Bonchev–Trinajstić information content (AvgIpc) is 3.23. The topological polar surface area (TPSA) is 112 Å². The zero-order valence-electron chi connectivity index (χ0n) is 22.2. The third kappa shape index (κ3) is 7.99. The molecule has 4 aliphatic rings. The fourth-order valence-electron chi connectivity index (χ4n) is 5.63. The molecule has 8 nitrogen and oxygen atoms in total.